The third-order valence-electron chi connectivity index (χ3n) is 2.70. The van der Waals surface area contributed by atoms with Gasteiger partial charge in [-0.3, -0.25) is 4.79 Å². The molecular weight excluding hydrogens is 188 g/mol. The van der Waals surface area contributed by atoms with Crippen molar-refractivity contribution in [3.8, 4) is 0 Å². The van der Waals surface area contributed by atoms with E-state index >= 15 is 0 Å². The molecule has 0 saturated carbocycles. The van der Waals surface area contributed by atoms with Crippen LogP contribution >= 0.6 is 0 Å². The summed E-state index contributed by atoms with van der Waals surface area (Å²) in [5.74, 6) is 0.735. The van der Waals surface area contributed by atoms with Crippen molar-refractivity contribution in [3.63, 3.8) is 0 Å². The van der Waals surface area contributed by atoms with Crippen LogP contribution in [0.2, 0.25) is 0 Å². The van der Waals surface area contributed by atoms with Crippen molar-refractivity contribution in [2.75, 3.05) is 0 Å². The summed E-state index contributed by atoms with van der Waals surface area (Å²) in [4.78, 5) is 12.1. The number of benzene rings is 1. The Balaban J connectivity index is 2.92. The van der Waals surface area contributed by atoms with Gasteiger partial charge < -0.3 is 4.42 Å². The summed E-state index contributed by atoms with van der Waals surface area (Å²) in [6.07, 6.45) is 0.720. The van der Waals surface area contributed by atoms with Crippen LogP contribution in [0.25, 0.3) is 11.0 Å². The van der Waals surface area contributed by atoms with Crippen LogP contribution in [-0.4, -0.2) is 0 Å². The molecule has 0 saturated heterocycles. The second-order valence-corrected chi connectivity index (χ2v) is 3.82. The van der Waals surface area contributed by atoms with Crippen LogP contribution in [0.15, 0.2) is 27.4 Å². The first-order valence-electron chi connectivity index (χ1n) is 5.16. The molecule has 2 rings (SSSR count). The average Bonchev–Trinajstić information content (AvgIpc) is 2.20. The van der Waals surface area contributed by atoms with Crippen LogP contribution in [0.4, 0.5) is 0 Å². The Morgan fingerprint density at radius 3 is 2.67 bits per heavy atom. The van der Waals surface area contributed by atoms with Crippen LogP contribution in [0.5, 0.6) is 0 Å². The van der Waals surface area contributed by atoms with Crippen molar-refractivity contribution >= 4 is 11.0 Å². The smallest absolute Gasteiger partial charge is 0.196 e. The SMILES string of the molecule is CCc1c(C)oc2ccc(C)cc2c1=O. The minimum atomic E-state index is 0.111. The standard InChI is InChI=1S/C13H14O2/c1-4-10-9(3)15-12-6-5-8(2)7-11(12)13(10)14/h5-7H,4H2,1-3H3. The molecule has 0 amide bonds. The van der Waals surface area contributed by atoms with Gasteiger partial charge in [-0.1, -0.05) is 18.6 Å². The van der Waals surface area contributed by atoms with Gasteiger partial charge in [0.15, 0.2) is 5.43 Å². The second kappa shape index (κ2) is 3.54. The van der Waals surface area contributed by atoms with Crippen molar-refractivity contribution in [1.29, 1.82) is 0 Å². The largest absolute Gasteiger partial charge is 0.461 e. The summed E-state index contributed by atoms with van der Waals surface area (Å²) in [6, 6.07) is 5.70. The summed E-state index contributed by atoms with van der Waals surface area (Å²) in [5.41, 5.74) is 2.66. The minimum absolute atomic E-state index is 0.111. The Kier molecular flexibility index (Phi) is 2.35. The molecule has 2 heteroatoms. The lowest BCUT2D eigenvalue weighted by Gasteiger charge is -2.04. The number of fused-ring (bicyclic) bond motifs is 1. The molecule has 0 spiro atoms. The van der Waals surface area contributed by atoms with Crippen molar-refractivity contribution in [3.05, 3.63) is 45.3 Å². The Labute approximate surface area is 88.5 Å². The zero-order valence-corrected chi connectivity index (χ0v) is 9.26. The van der Waals surface area contributed by atoms with Crippen LogP contribution in [0, 0.1) is 13.8 Å². The molecule has 0 radical (unpaired) electrons. The highest BCUT2D eigenvalue weighted by Crippen LogP contribution is 2.16. The van der Waals surface area contributed by atoms with Crippen molar-refractivity contribution in [2.45, 2.75) is 27.2 Å². The first-order valence-corrected chi connectivity index (χ1v) is 5.16. The molecular formula is C13H14O2. The highest BCUT2D eigenvalue weighted by atomic mass is 16.3. The van der Waals surface area contributed by atoms with E-state index in [2.05, 4.69) is 0 Å². The van der Waals surface area contributed by atoms with E-state index in [0.717, 1.165) is 23.3 Å². The van der Waals surface area contributed by atoms with E-state index in [9.17, 15) is 4.79 Å². The highest BCUT2D eigenvalue weighted by Gasteiger charge is 2.09. The van der Waals surface area contributed by atoms with Gasteiger partial charge in [0.2, 0.25) is 0 Å². The number of hydrogen-bond donors (Lipinski definition) is 0. The lowest BCUT2D eigenvalue weighted by atomic mass is 10.1. The molecule has 1 aromatic heterocycles. The van der Waals surface area contributed by atoms with Crippen LogP contribution in [0.3, 0.4) is 0 Å². The number of rotatable bonds is 1. The molecule has 1 aromatic carbocycles. The molecule has 0 fully saturated rings. The summed E-state index contributed by atoms with van der Waals surface area (Å²) in [7, 11) is 0. The Morgan fingerprint density at radius 1 is 1.27 bits per heavy atom. The molecule has 78 valence electrons. The number of hydrogen-bond acceptors (Lipinski definition) is 2. The van der Waals surface area contributed by atoms with Gasteiger partial charge in [-0.15, -0.1) is 0 Å². The topological polar surface area (TPSA) is 30.2 Å². The average molecular weight is 202 g/mol. The predicted molar refractivity (Wildman–Crippen MR) is 61.3 cm³/mol. The van der Waals surface area contributed by atoms with Gasteiger partial charge >= 0.3 is 0 Å². The van der Waals surface area contributed by atoms with Crippen molar-refractivity contribution < 1.29 is 4.42 Å². The molecule has 0 bridgehead atoms. The Bertz CT molecular complexity index is 564. The van der Waals surface area contributed by atoms with E-state index < -0.39 is 0 Å². The lowest BCUT2D eigenvalue weighted by Crippen LogP contribution is -2.10. The van der Waals surface area contributed by atoms with Gasteiger partial charge in [-0.2, -0.15) is 0 Å². The quantitative estimate of drug-likeness (QED) is 0.711. The third kappa shape index (κ3) is 1.56. The third-order valence-corrected chi connectivity index (χ3v) is 2.70. The summed E-state index contributed by atoms with van der Waals surface area (Å²) < 4.78 is 5.62. The molecule has 0 N–H and O–H groups in total. The summed E-state index contributed by atoms with van der Waals surface area (Å²) in [6.45, 7) is 5.80. The maximum Gasteiger partial charge on any atom is 0.196 e. The molecule has 2 aromatic rings. The van der Waals surface area contributed by atoms with Crippen molar-refractivity contribution in [2.24, 2.45) is 0 Å². The Morgan fingerprint density at radius 2 is 2.00 bits per heavy atom. The molecule has 0 aliphatic carbocycles. The second-order valence-electron chi connectivity index (χ2n) is 3.82. The predicted octanol–water partition coefficient (Wildman–Crippen LogP) is 2.97. The first-order chi connectivity index (χ1) is 7.13. The maximum absolute atomic E-state index is 12.1. The molecule has 0 atom stereocenters. The van der Waals surface area contributed by atoms with Crippen molar-refractivity contribution in [1.82, 2.24) is 0 Å². The summed E-state index contributed by atoms with van der Waals surface area (Å²) >= 11 is 0. The van der Waals surface area contributed by atoms with Gasteiger partial charge in [-0.05, 0) is 32.4 Å². The van der Waals surface area contributed by atoms with E-state index in [0.29, 0.717) is 11.0 Å². The molecule has 1 heterocycles. The molecule has 0 unspecified atom stereocenters. The fourth-order valence-corrected chi connectivity index (χ4v) is 1.87. The molecule has 2 nitrogen and oxygen atoms in total. The Hall–Kier alpha value is -1.57. The molecule has 0 aliphatic heterocycles. The van der Waals surface area contributed by atoms with E-state index in [1.165, 1.54) is 0 Å². The van der Waals surface area contributed by atoms with Crippen LogP contribution < -0.4 is 5.43 Å². The van der Waals surface area contributed by atoms with Crippen LogP contribution in [-0.2, 0) is 6.42 Å². The van der Waals surface area contributed by atoms with E-state index in [1.54, 1.807) is 0 Å². The fraction of sp³-hybridized carbons (Fsp3) is 0.308. The molecule has 0 aliphatic rings. The minimum Gasteiger partial charge on any atom is -0.461 e. The zero-order chi connectivity index (χ0) is 11.0. The zero-order valence-electron chi connectivity index (χ0n) is 9.26. The van der Waals surface area contributed by atoms with Gasteiger partial charge in [0, 0.05) is 5.56 Å². The normalized spacial score (nSPS) is 10.9. The first kappa shape index (κ1) is 9.97. The van der Waals surface area contributed by atoms with Gasteiger partial charge in [0.1, 0.15) is 11.3 Å². The van der Waals surface area contributed by atoms with Gasteiger partial charge in [-0.25, -0.2) is 0 Å². The monoisotopic (exact) mass is 202 g/mol. The highest BCUT2D eigenvalue weighted by molar-refractivity contribution is 5.78. The van der Waals surface area contributed by atoms with E-state index in [-0.39, 0.29) is 5.43 Å². The van der Waals surface area contributed by atoms with E-state index in [4.69, 9.17) is 4.42 Å². The fourth-order valence-electron chi connectivity index (χ4n) is 1.87. The van der Waals surface area contributed by atoms with Gasteiger partial charge in [0.05, 0.1) is 5.39 Å². The van der Waals surface area contributed by atoms with Gasteiger partial charge in [0.25, 0.3) is 0 Å². The van der Waals surface area contributed by atoms with E-state index in [1.807, 2.05) is 39.0 Å². The molecule has 15 heavy (non-hydrogen) atoms. The van der Waals surface area contributed by atoms with Crippen LogP contribution in [0.1, 0.15) is 23.8 Å². The summed E-state index contributed by atoms with van der Waals surface area (Å²) in [5, 5.41) is 0.692. The maximum atomic E-state index is 12.1. The number of aryl methyl sites for hydroxylation is 2. The lowest BCUT2D eigenvalue weighted by molar-refractivity contribution is 0.555.